The topological polar surface area (TPSA) is 63.2 Å². The van der Waals surface area contributed by atoms with E-state index in [2.05, 4.69) is 0 Å². The molecule has 0 atom stereocenters. The molecule has 0 radical (unpaired) electrons. The van der Waals surface area contributed by atoms with Crippen LogP contribution in [0.25, 0.3) is 0 Å². The first-order valence-electron chi connectivity index (χ1n) is 0.612. The molecule has 0 amide bonds. The number of hydrogen-bond acceptors (Lipinski definition) is 3. The van der Waals surface area contributed by atoms with E-state index in [4.69, 9.17) is 10.7 Å². The number of hydrogen-bond donors (Lipinski definition) is 0. The van der Waals surface area contributed by atoms with Gasteiger partial charge in [-0.1, -0.05) is 0 Å². The van der Waals surface area contributed by atoms with E-state index in [1.807, 2.05) is 0 Å². The van der Waals surface area contributed by atoms with Gasteiger partial charge in [0.15, 0.2) is 0 Å². The summed E-state index contributed by atoms with van der Waals surface area (Å²) in [7, 11) is 0. The van der Waals surface area contributed by atoms with E-state index in [0.717, 1.165) is 0 Å². The van der Waals surface area contributed by atoms with Crippen molar-refractivity contribution in [3.05, 3.63) is 0 Å². The molecule has 0 heterocycles. The molecule has 0 aromatic heterocycles. The van der Waals surface area contributed by atoms with Crippen LogP contribution in [0, 0.1) is 0 Å². The van der Waals surface area contributed by atoms with E-state index >= 15 is 0 Å². The van der Waals surface area contributed by atoms with Crippen molar-refractivity contribution in [2.24, 2.45) is 0 Å². The SMILES string of the molecule is [Mg+2].[O]=[Ti]([O-])[O-].[Pt].[Ru]. The molecule has 0 N–H and O–H groups in total. The maximum absolute atomic E-state index is 8.58. The zero-order chi connectivity index (χ0) is 3.58. The monoisotopic (exact) mass is 417 g/mol. The van der Waals surface area contributed by atoms with Crippen LogP contribution in [0.4, 0.5) is 0 Å². The average molecular weight is 416 g/mol. The van der Waals surface area contributed by atoms with Crippen LogP contribution in [0.3, 0.4) is 0 Å². The Morgan fingerprint density at radius 3 is 1.29 bits per heavy atom. The summed E-state index contributed by atoms with van der Waals surface area (Å²) in [6, 6.07) is 0. The summed E-state index contributed by atoms with van der Waals surface area (Å²) in [5.74, 6) is 0. The second-order valence-corrected chi connectivity index (χ2v) is 1.03. The molecule has 0 saturated carbocycles. The zero-order valence-electron chi connectivity index (χ0n) is 3.10. The molecule has 0 aliphatic carbocycles. The fraction of sp³-hybridized carbons (Fsp3) is 0. The van der Waals surface area contributed by atoms with Crippen LogP contribution in [-0.2, 0) is 62.5 Å². The van der Waals surface area contributed by atoms with Crippen LogP contribution in [0.1, 0.15) is 0 Å². The first-order chi connectivity index (χ1) is 1.73. The van der Waals surface area contributed by atoms with Gasteiger partial charge in [0, 0.05) is 40.5 Å². The molecule has 0 rings (SSSR count). The van der Waals surface area contributed by atoms with Crippen molar-refractivity contribution in [1.29, 1.82) is 0 Å². The Morgan fingerprint density at radius 1 is 1.29 bits per heavy atom. The van der Waals surface area contributed by atoms with Gasteiger partial charge in [0.1, 0.15) is 0 Å². The van der Waals surface area contributed by atoms with Crippen LogP contribution >= 0.6 is 0 Å². The maximum atomic E-state index is 8.58. The summed E-state index contributed by atoms with van der Waals surface area (Å²) >= 11 is -4.08. The molecule has 0 saturated heterocycles. The van der Waals surface area contributed by atoms with Gasteiger partial charge in [-0.2, -0.15) is 0 Å². The van der Waals surface area contributed by atoms with E-state index in [1.165, 1.54) is 0 Å². The predicted molar refractivity (Wildman–Crippen MR) is 6.44 cm³/mol. The first kappa shape index (κ1) is 22.7. The van der Waals surface area contributed by atoms with Gasteiger partial charge >= 0.3 is 52.4 Å². The Kier molecular flexibility index (Phi) is 51.2. The average Bonchev–Trinajstić information content (AvgIpc) is 0.811. The van der Waals surface area contributed by atoms with E-state index in [-0.39, 0.29) is 63.6 Å². The minimum atomic E-state index is -4.08. The molecule has 0 aromatic rings. The van der Waals surface area contributed by atoms with Crippen molar-refractivity contribution in [3.63, 3.8) is 0 Å². The van der Waals surface area contributed by atoms with E-state index in [0.29, 0.717) is 0 Å². The summed E-state index contributed by atoms with van der Waals surface area (Å²) < 4.78 is 25.8. The van der Waals surface area contributed by atoms with Crippen molar-refractivity contribution in [3.8, 4) is 0 Å². The third kappa shape index (κ3) is 57.2. The normalized spacial score (nSPS) is 3.71. The van der Waals surface area contributed by atoms with Crippen LogP contribution in [0.15, 0.2) is 0 Å². The molecule has 0 aliphatic rings. The minimum absolute atomic E-state index is 0. The second kappa shape index (κ2) is 15.8. The maximum Gasteiger partial charge on any atom is 0 e. The smallest absolute Gasteiger partial charge is 0 e. The van der Waals surface area contributed by atoms with Crippen LogP contribution in [0.5, 0.6) is 0 Å². The summed E-state index contributed by atoms with van der Waals surface area (Å²) in [6.07, 6.45) is 0. The Bertz CT molecular complexity index is 37.9. The Labute approximate surface area is 91.5 Å². The van der Waals surface area contributed by atoms with Crippen LogP contribution in [0.2, 0.25) is 0 Å². The van der Waals surface area contributed by atoms with Gasteiger partial charge in [0.05, 0.1) is 0 Å². The van der Waals surface area contributed by atoms with Crippen molar-refractivity contribution in [1.82, 2.24) is 0 Å². The Hall–Kier alpha value is 2.51. The fourth-order valence-electron chi connectivity index (χ4n) is 0. The zero-order valence-corrected chi connectivity index (χ0v) is 10.1. The van der Waals surface area contributed by atoms with Crippen molar-refractivity contribution < 1.29 is 69.9 Å². The minimum Gasteiger partial charge on any atom is 0 e. The molecule has 0 unspecified atom stereocenters. The molecule has 0 spiro atoms. The third-order valence-corrected chi connectivity index (χ3v) is 0. The number of rotatable bonds is 0. The quantitative estimate of drug-likeness (QED) is 0.399. The largest absolute Gasteiger partial charge is 0 e. The molecule has 7 heteroatoms. The molecule has 0 fully saturated rings. The summed E-state index contributed by atoms with van der Waals surface area (Å²) in [5.41, 5.74) is 0. The molecular weight excluding hydrogens is 416 g/mol. The van der Waals surface area contributed by atoms with Crippen molar-refractivity contribution in [2.45, 2.75) is 0 Å². The van der Waals surface area contributed by atoms with Crippen molar-refractivity contribution in [2.75, 3.05) is 0 Å². The standard InChI is InChI=1S/Mg.3O.Pt.Ru.Ti/q+2;;2*-1;;;. The first-order valence-corrected chi connectivity index (χ1v) is 2.52. The van der Waals surface area contributed by atoms with Gasteiger partial charge in [-0.3, -0.25) is 0 Å². The molecule has 3 nitrogen and oxygen atoms in total. The van der Waals surface area contributed by atoms with E-state index in [1.54, 1.807) is 0 Å². The van der Waals surface area contributed by atoms with Crippen LogP contribution in [-0.4, -0.2) is 23.1 Å². The second-order valence-electron chi connectivity index (χ2n) is 0.250. The van der Waals surface area contributed by atoms with E-state index in [9.17, 15) is 0 Å². The molecule has 0 bridgehead atoms. The Balaban J connectivity index is -0.0000000150. The van der Waals surface area contributed by atoms with Gasteiger partial charge in [-0.25, -0.2) is 0 Å². The molecule has 0 aliphatic heterocycles. The molecule has 7 heavy (non-hydrogen) atoms. The third-order valence-electron chi connectivity index (χ3n) is 0. The molecule has 42 valence electrons. The Morgan fingerprint density at radius 2 is 1.29 bits per heavy atom. The predicted octanol–water partition coefficient (Wildman–Crippen LogP) is -2.89. The van der Waals surface area contributed by atoms with Crippen LogP contribution < -0.4 is 7.38 Å². The summed E-state index contributed by atoms with van der Waals surface area (Å²) in [5, 5.41) is 0. The van der Waals surface area contributed by atoms with Gasteiger partial charge in [-0.05, 0) is 0 Å². The van der Waals surface area contributed by atoms with Crippen molar-refractivity contribution >= 4 is 23.1 Å². The van der Waals surface area contributed by atoms with Gasteiger partial charge in [0.2, 0.25) is 0 Å². The van der Waals surface area contributed by atoms with Gasteiger partial charge in [-0.15, -0.1) is 0 Å². The fourth-order valence-corrected chi connectivity index (χ4v) is 0. The van der Waals surface area contributed by atoms with Gasteiger partial charge in [0.25, 0.3) is 0 Å². The van der Waals surface area contributed by atoms with Gasteiger partial charge < -0.3 is 0 Å². The molecular formula is MgO3PtRuTi. The van der Waals surface area contributed by atoms with E-state index < -0.39 is 18.6 Å². The summed E-state index contributed by atoms with van der Waals surface area (Å²) in [4.78, 5) is 0. The molecule has 0 aromatic carbocycles. The summed E-state index contributed by atoms with van der Waals surface area (Å²) in [6.45, 7) is 0.